The van der Waals surface area contributed by atoms with Crippen molar-refractivity contribution in [2.75, 3.05) is 13.2 Å². The summed E-state index contributed by atoms with van der Waals surface area (Å²) in [5, 5.41) is 9.57. The summed E-state index contributed by atoms with van der Waals surface area (Å²) in [6.45, 7) is 4.10. The highest BCUT2D eigenvalue weighted by atomic mass is 16.6. The molecule has 0 rings (SSSR count). The minimum Gasteiger partial charge on any atom is -0.462 e. The van der Waals surface area contributed by atoms with E-state index in [0.29, 0.717) is 12.8 Å². The van der Waals surface area contributed by atoms with Crippen LogP contribution in [0.5, 0.6) is 0 Å². The molecule has 0 spiro atoms. The molecular formula is C56H108O5. The van der Waals surface area contributed by atoms with E-state index < -0.39 is 6.10 Å². The lowest BCUT2D eigenvalue weighted by molar-refractivity contribution is -0.161. The van der Waals surface area contributed by atoms with Crippen LogP contribution < -0.4 is 0 Å². The molecule has 1 unspecified atom stereocenters. The zero-order chi connectivity index (χ0) is 44.2. The molecule has 0 aliphatic rings. The number of aliphatic hydroxyl groups is 1. The van der Waals surface area contributed by atoms with Crippen LogP contribution in [-0.4, -0.2) is 36.4 Å². The maximum Gasteiger partial charge on any atom is 0.306 e. The standard InChI is InChI=1S/C56H108O5/c1-3-5-7-9-11-13-15-16-17-18-19-20-21-22-23-24-25-26-27-28-29-30-31-32-33-34-35-36-37-38-39-40-41-43-44-46-48-50-55(58)60-53-54(52-57)61-56(59)51-49-47-45-42-14-12-10-8-6-4-2/h8,10,54,57H,3-7,9,11-53H2,1-2H3/b10-8-. The van der Waals surface area contributed by atoms with Gasteiger partial charge in [0.05, 0.1) is 6.61 Å². The van der Waals surface area contributed by atoms with E-state index >= 15 is 0 Å². The van der Waals surface area contributed by atoms with Crippen LogP contribution in [-0.2, 0) is 19.1 Å². The summed E-state index contributed by atoms with van der Waals surface area (Å²) in [6.07, 6.45) is 65.2. The van der Waals surface area contributed by atoms with E-state index in [1.807, 2.05) is 0 Å². The number of aliphatic hydroxyl groups excluding tert-OH is 1. The number of esters is 2. The van der Waals surface area contributed by atoms with Crippen LogP contribution in [0.3, 0.4) is 0 Å². The van der Waals surface area contributed by atoms with Crippen molar-refractivity contribution in [3.05, 3.63) is 12.2 Å². The second-order valence-corrected chi connectivity index (χ2v) is 19.0. The third kappa shape index (κ3) is 51.2. The summed E-state index contributed by atoms with van der Waals surface area (Å²) in [6, 6.07) is 0. The zero-order valence-corrected chi connectivity index (χ0v) is 41.5. The lowest BCUT2D eigenvalue weighted by atomic mass is 10.0. The second-order valence-electron chi connectivity index (χ2n) is 19.0. The van der Waals surface area contributed by atoms with E-state index in [2.05, 4.69) is 26.0 Å². The molecule has 0 aromatic carbocycles. The molecule has 0 saturated heterocycles. The van der Waals surface area contributed by atoms with E-state index in [1.54, 1.807) is 0 Å². The topological polar surface area (TPSA) is 72.8 Å². The van der Waals surface area contributed by atoms with Crippen molar-refractivity contribution in [1.82, 2.24) is 0 Å². The highest BCUT2D eigenvalue weighted by Gasteiger charge is 2.16. The van der Waals surface area contributed by atoms with Gasteiger partial charge in [0.25, 0.3) is 0 Å². The molecule has 61 heavy (non-hydrogen) atoms. The van der Waals surface area contributed by atoms with Gasteiger partial charge < -0.3 is 14.6 Å². The largest absolute Gasteiger partial charge is 0.462 e. The van der Waals surface area contributed by atoms with E-state index in [4.69, 9.17) is 9.47 Å². The van der Waals surface area contributed by atoms with Gasteiger partial charge in [0.15, 0.2) is 6.10 Å². The Bertz CT molecular complexity index is 886. The van der Waals surface area contributed by atoms with Crippen LogP contribution in [0.4, 0.5) is 0 Å². The number of hydrogen-bond acceptors (Lipinski definition) is 5. The molecular weight excluding hydrogens is 753 g/mol. The average molecular weight is 861 g/mol. The second kappa shape index (κ2) is 53.0. The first-order chi connectivity index (χ1) is 30.1. The third-order valence-corrected chi connectivity index (χ3v) is 12.8. The van der Waals surface area contributed by atoms with Crippen LogP contribution in [0, 0.1) is 0 Å². The Morgan fingerprint density at radius 2 is 0.639 bits per heavy atom. The maximum absolute atomic E-state index is 12.2. The summed E-state index contributed by atoms with van der Waals surface area (Å²) >= 11 is 0. The monoisotopic (exact) mass is 861 g/mol. The van der Waals surface area contributed by atoms with E-state index in [9.17, 15) is 14.7 Å². The summed E-state index contributed by atoms with van der Waals surface area (Å²) in [7, 11) is 0. The van der Waals surface area contributed by atoms with Crippen LogP contribution in [0.25, 0.3) is 0 Å². The molecule has 0 aliphatic carbocycles. The molecule has 1 N–H and O–H groups in total. The SMILES string of the molecule is CCC/C=C\CCCCCCCC(=O)OC(CO)COC(=O)CCCCCCCCCCCCCCCCCCCCCCCCCCCCCCCCCCCCCCC. The summed E-state index contributed by atoms with van der Waals surface area (Å²) in [5.41, 5.74) is 0. The van der Waals surface area contributed by atoms with Gasteiger partial charge in [0, 0.05) is 12.8 Å². The lowest BCUT2D eigenvalue weighted by Crippen LogP contribution is -2.28. The van der Waals surface area contributed by atoms with E-state index in [0.717, 1.165) is 44.9 Å². The first-order valence-corrected chi connectivity index (χ1v) is 27.7. The smallest absolute Gasteiger partial charge is 0.306 e. The molecule has 0 aromatic rings. The van der Waals surface area contributed by atoms with Crippen LogP contribution in [0.1, 0.15) is 316 Å². The van der Waals surface area contributed by atoms with Crippen LogP contribution in [0.15, 0.2) is 12.2 Å². The van der Waals surface area contributed by atoms with Crippen molar-refractivity contribution in [2.24, 2.45) is 0 Å². The Hall–Kier alpha value is -1.36. The Balaban J connectivity index is 3.30. The maximum atomic E-state index is 12.2. The first-order valence-electron chi connectivity index (χ1n) is 27.7. The van der Waals surface area contributed by atoms with E-state index in [-0.39, 0.29) is 25.2 Å². The number of carbonyl (C=O) groups excluding carboxylic acids is 2. The Kier molecular flexibility index (Phi) is 51.8. The zero-order valence-electron chi connectivity index (χ0n) is 41.5. The number of hydrogen-bond donors (Lipinski definition) is 1. The highest BCUT2D eigenvalue weighted by Crippen LogP contribution is 2.18. The molecule has 5 nitrogen and oxygen atoms in total. The minimum atomic E-state index is -0.769. The molecule has 0 bridgehead atoms. The van der Waals surface area contributed by atoms with Gasteiger partial charge in [-0.05, 0) is 32.1 Å². The van der Waals surface area contributed by atoms with Crippen LogP contribution in [0.2, 0.25) is 0 Å². The molecule has 0 aromatic heterocycles. The Morgan fingerprint density at radius 3 is 0.951 bits per heavy atom. The molecule has 0 radical (unpaired) electrons. The number of carbonyl (C=O) groups is 2. The molecule has 0 saturated carbocycles. The third-order valence-electron chi connectivity index (χ3n) is 12.8. The fourth-order valence-electron chi connectivity index (χ4n) is 8.62. The number of allylic oxidation sites excluding steroid dienone is 2. The van der Waals surface area contributed by atoms with Crippen molar-refractivity contribution < 1.29 is 24.2 Å². The average Bonchev–Trinajstić information content (AvgIpc) is 3.26. The van der Waals surface area contributed by atoms with Gasteiger partial charge in [-0.25, -0.2) is 0 Å². The predicted molar refractivity (Wildman–Crippen MR) is 265 cm³/mol. The van der Waals surface area contributed by atoms with Gasteiger partial charge in [-0.3, -0.25) is 9.59 Å². The van der Waals surface area contributed by atoms with Crippen molar-refractivity contribution >= 4 is 11.9 Å². The molecule has 0 heterocycles. The lowest BCUT2D eigenvalue weighted by Gasteiger charge is -2.15. The van der Waals surface area contributed by atoms with Crippen molar-refractivity contribution in [3.8, 4) is 0 Å². The minimum absolute atomic E-state index is 0.0632. The summed E-state index contributed by atoms with van der Waals surface area (Å²) < 4.78 is 10.6. The summed E-state index contributed by atoms with van der Waals surface area (Å²) in [5.74, 6) is -0.588. The van der Waals surface area contributed by atoms with Crippen molar-refractivity contribution in [2.45, 2.75) is 322 Å². The van der Waals surface area contributed by atoms with Gasteiger partial charge in [-0.1, -0.05) is 283 Å². The van der Waals surface area contributed by atoms with Crippen molar-refractivity contribution in [1.29, 1.82) is 0 Å². The molecule has 1 atom stereocenters. The predicted octanol–water partition coefficient (Wildman–Crippen LogP) is 18.4. The van der Waals surface area contributed by atoms with Gasteiger partial charge in [-0.15, -0.1) is 0 Å². The molecule has 362 valence electrons. The Labute approximate surface area is 381 Å². The first kappa shape index (κ1) is 59.6. The molecule has 5 heteroatoms. The van der Waals surface area contributed by atoms with E-state index in [1.165, 1.54) is 244 Å². The number of rotatable bonds is 52. The van der Waals surface area contributed by atoms with Gasteiger partial charge in [0.1, 0.15) is 6.61 Å². The van der Waals surface area contributed by atoms with Gasteiger partial charge in [0.2, 0.25) is 0 Å². The summed E-state index contributed by atoms with van der Waals surface area (Å²) in [4.78, 5) is 24.3. The van der Waals surface area contributed by atoms with Crippen molar-refractivity contribution in [3.63, 3.8) is 0 Å². The fourth-order valence-corrected chi connectivity index (χ4v) is 8.62. The normalized spacial score (nSPS) is 12.1. The highest BCUT2D eigenvalue weighted by molar-refractivity contribution is 5.70. The fraction of sp³-hybridized carbons (Fsp3) is 0.929. The molecule has 0 fully saturated rings. The molecule has 0 amide bonds. The molecule has 0 aliphatic heterocycles. The van der Waals surface area contributed by atoms with Gasteiger partial charge >= 0.3 is 11.9 Å². The number of unbranched alkanes of at least 4 members (excludes halogenated alkanes) is 42. The number of ether oxygens (including phenoxy) is 2. The van der Waals surface area contributed by atoms with Crippen LogP contribution >= 0.6 is 0 Å². The van der Waals surface area contributed by atoms with Gasteiger partial charge in [-0.2, -0.15) is 0 Å². The quantitative estimate of drug-likeness (QED) is 0.0375. The Morgan fingerprint density at radius 1 is 0.361 bits per heavy atom.